The van der Waals surface area contributed by atoms with Crippen molar-refractivity contribution in [2.45, 2.75) is 19.9 Å². The summed E-state index contributed by atoms with van der Waals surface area (Å²) in [7, 11) is 1.61. The second-order valence-electron chi connectivity index (χ2n) is 5.62. The van der Waals surface area contributed by atoms with Crippen LogP contribution in [0.25, 0.3) is 11.1 Å². The molecule has 25 heavy (non-hydrogen) atoms. The molecule has 0 radical (unpaired) electrons. The number of amides is 1. The molecule has 0 saturated heterocycles. The van der Waals surface area contributed by atoms with E-state index in [4.69, 9.17) is 9.26 Å². The number of rotatable bonds is 5. The Morgan fingerprint density at radius 2 is 1.80 bits per heavy atom. The summed E-state index contributed by atoms with van der Waals surface area (Å²) in [5.74, 6) is 1.40. The molecule has 1 atom stereocenters. The maximum absolute atomic E-state index is 12.8. The van der Waals surface area contributed by atoms with Crippen LogP contribution in [0.15, 0.2) is 53.1 Å². The number of carbonyl (C=O) groups is 1. The number of methoxy groups -OCH3 is 1. The molecular weight excluding hydrogens is 318 g/mol. The molecule has 6 heteroatoms. The van der Waals surface area contributed by atoms with Gasteiger partial charge in [-0.2, -0.15) is 4.98 Å². The van der Waals surface area contributed by atoms with Crippen LogP contribution in [0.4, 0.5) is 0 Å². The molecule has 1 aromatic heterocycles. The fourth-order valence-electron chi connectivity index (χ4n) is 2.61. The van der Waals surface area contributed by atoms with Crippen molar-refractivity contribution in [3.8, 4) is 16.9 Å². The first-order valence-corrected chi connectivity index (χ1v) is 7.93. The molecule has 0 aliphatic rings. The largest absolute Gasteiger partial charge is 0.496 e. The van der Waals surface area contributed by atoms with Gasteiger partial charge in [-0.25, -0.2) is 0 Å². The zero-order chi connectivity index (χ0) is 17.8. The number of nitrogens with one attached hydrogen (secondary N) is 1. The zero-order valence-electron chi connectivity index (χ0n) is 14.3. The molecule has 1 heterocycles. The van der Waals surface area contributed by atoms with Gasteiger partial charge in [-0.1, -0.05) is 41.6 Å². The molecule has 0 bridgehead atoms. The van der Waals surface area contributed by atoms with Crippen LogP contribution in [0.5, 0.6) is 5.75 Å². The van der Waals surface area contributed by atoms with Crippen LogP contribution in [-0.4, -0.2) is 23.2 Å². The van der Waals surface area contributed by atoms with Crippen LogP contribution >= 0.6 is 0 Å². The number of nitrogens with zero attached hydrogens (tertiary/aromatic N) is 2. The minimum atomic E-state index is -0.389. The summed E-state index contributed by atoms with van der Waals surface area (Å²) in [4.78, 5) is 16.9. The van der Waals surface area contributed by atoms with Crippen LogP contribution in [0.1, 0.15) is 35.0 Å². The van der Waals surface area contributed by atoms with Crippen molar-refractivity contribution >= 4 is 5.91 Å². The van der Waals surface area contributed by atoms with E-state index in [0.29, 0.717) is 23.0 Å². The molecule has 0 aliphatic heterocycles. The lowest BCUT2D eigenvalue weighted by molar-refractivity contribution is 0.0933. The normalized spacial score (nSPS) is 11.8. The minimum Gasteiger partial charge on any atom is -0.496 e. The Bertz CT molecular complexity index is 889. The molecule has 0 aliphatic carbocycles. The van der Waals surface area contributed by atoms with E-state index >= 15 is 0 Å². The summed E-state index contributed by atoms with van der Waals surface area (Å²) in [5.41, 5.74) is 2.21. The third-order valence-corrected chi connectivity index (χ3v) is 3.83. The molecule has 3 rings (SSSR count). The van der Waals surface area contributed by atoms with Crippen LogP contribution in [0.3, 0.4) is 0 Å². The first-order valence-electron chi connectivity index (χ1n) is 7.93. The Morgan fingerprint density at radius 3 is 2.48 bits per heavy atom. The van der Waals surface area contributed by atoms with Gasteiger partial charge in [0.15, 0.2) is 5.82 Å². The summed E-state index contributed by atoms with van der Waals surface area (Å²) in [6, 6.07) is 14.6. The number of hydrogen-bond acceptors (Lipinski definition) is 5. The van der Waals surface area contributed by atoms with Crippen molar-refractivity contribution in [3.63, 3.8) is 0 Å². The maximum atomic E-state index is 12.8. The molecule has 0 unspecified atom stereocenters. The third-order valence-electron chi connectivity index (χ3n) is 3.83. The second-order valence-corrected chi connectivity index (χ2v) is 5.62. The maximum Gasteiger partial charge on any atom is 0.252 e. The molecule has 0 spiro atoms. The first kappa shape index (κ1) is 16.7. The highest BCUT2D eigenvalue weighted by Gasteiger charge is 2.20. The number of aromatic nitrogens is 2. The number of para-hydroxylation sites is 1. The van der Waals surface area contributed by atoms with E-state index < -0.39 is 0 Å². The van der Waals surface area contributed by atoms with E-state index in [1.165, 1.54) is 0 Å². The van der Waals surface area contributed by atoms with Gasteiger partial charge >= 0.3 is 0 Å². The quantitative estimate of drug-likeness (QED) is 0.770. The lowest BCUT2D eigenvalue weighted by atomic mass is 9.98. The van der Waals surface area contributed by atoms with Gasteiger partial charge in [-0.15, -0.1) is 0 Å². The summed E-state index contributed by atoms with van der Waals surface area (Å²) in [5, 5.41) is 6.65. The lowest BCUT2D eigenvalue weighted by Crippen LogP contribution is -2.27. The van der Waals surface area contributed by atoms with Crippen LogP contribution in [0, 0.1) is 6.92 Å². The van der Waals surface area contributed by atoms with Crippen molar-refractivity contribution in [3.05, 3.63) is 65.8 Å². The van der Waals surface area contributed by atoms with Gasteiger partial charge in [0.2, 0.25) is 5.89 Å². The first-order chi connectivity index (χ1) is 12.1. The smallest absolute Gasteiger partial charge is 0.252 e. The summed E-state index contributed by atoms with van der Waals surface area (Å²) >= 11 is 0. The van der Waals surface area contributed by atoms with Crippen LogP contribution in [0.2, 0.25) is 0 Å². The van der Waals surface area contributed by atoms with E-state index in [2.05, 4.69) is 15.5 Å². The number of hydrogen-bond donors (Lipinski definition) is 1. The number of ether oxygens (including phenoxy) is 1. The van der Waals surface area contributed by atoms with Crippen LogP contribution < -0.4 is 10.1 Å². The lowest BCUT2D eigenvalue weighted by Gasteiger charge is -2.14. The molecule has 1 N–H and O–H groups in total. The average molecular weight is 337 g/mol. The Balaban J connectivity index is 1.91. The van der Waals surface area contributed by atoms with Crippen molar-refractivity contribution in [1.82, 2.24) is 15.5 Å². The monoisotopic (exact) mass is 337 g/mol. The summed E-state index contributed by atoms with van der Waals surface area (Å²) in [6.45, 7) is 3.54. The highest BCUT2D eigenvalue weighted by molar-refractivity contribution is 6.01. The molecule has 6 nitrogen and oxygen atoms in total. The molecule has 3 aromatic rings. The van der Waals surface area contributed by atoms with E-state index in [0.717, 1.165) is 11.1 Å². The molecule has 2 aromatic carbocycles. The molecular formula is C19H19N3O3. The van der Waals surface area contributed by atoms with E-state index in [1.807, 2.05) is 42.5 Å². The topological polar surface area (TPSA) is 77.2 Å². The molecule has 0 saturated carbocycles. The molecule has 0 fully saturated rings. The third kappa shape index (κ3) is 3.52. The van der Waals surface area contributed by atoms with E-state index in [9.17, 15) is 4.79 Å². The van der Waals surface area contributed by atoms with E-state index in [-0.39, 0.29) is 11.9 Å². The Labute approximate surface area is 145 Å². The number of benzene rings is 2. The predicted octanol–water partition coefficient (Wildman–Crippen LogP) is 3.54. The van der Waals surface area contributed by atoms with Crippen molar-refractivity contribution < 1.29 is 14.1 Å². The summed E-state index contributed by atoms with van der Waals surface area (Å²) < 4.78 is 10.5. The number of aryl methyl sites for hydroxylation is 1. The Morgan fingerprint density at radius 1 is 1.12 bits per heavy atom. The van der Waals surface area contributed by atoms with Gasteiger partial charge in [0.1, 0.15) is 11.8 Å². The van der Waals surface area contributed by atoms with Gasteiger partial charge in [-0.05, 0) is 31.5 Å². The minimum absolute atomic E-state index is 0.218. The van der Waals surface area contributed by atoms with E-state index in [1.54, 1.807) is 27.0 Å². The highest BCUT2D eigenvalue weighted by Crippen LogP contribution is 2.32. The summed E-state index contributed by atoms with van der Waals surface area (Å²) in [6.07, 6.45) is 0. The SMILES string of the molecule is COc1ccccc1-c1ccccc1C(=O)N[C@@H](C)c1nc(C)no1. The van der Waals surface area contributed by atoms with Gasteiger partial charge in [0.05, 0.1) is 7.11 Å². The standard InChI is InChI=1S/C19H19N3O3/c1-12(19-21-13(2)22-25-19)20-18(23)16-10-5-4-8-14(16)15-9-6-7-11-17(15)24-3/h4-12H,1-3H3,(H,20,23)/t12-/m0/s1. The second kappa shape index (κ2) is 7.17. The fourth-order valence-corrected chi connectivity index (χ4v) is 2.61. The van der Waals surface area contributed by atoms with Crippen molar-refractivity contribution in [2.24, 2.45) is 0 Å². The fraction of sp³-hybridized carbons (Fsp3) is 0.211. The van der Waals surface area contributed by atoms with Gasteiger partial charge in [-0.3, -0.25) is 4.79 Å². The van der Waals surface area contributed by atoms with Crippen molar-refractivity contribution in [2.75, 3.05) is 7.11 Å². The van der Waals surface area contributed by atoms with Gasteiger partial charge in [0, 0.05) is 11.1 Å². The van der Waals surface area contributed by atoms with Crippen LogP contribution in [-0.2, 0) is 0 Å². The molecule has 1 amide bonds. The van der Waals surface area contributed by atoms with Crippen molar-refractivity contribution in [1.29, 1.82) is 0 Å². The Kier molecular flexibility index (Phi) is 4.79. The highest BCUT2D eigenvalue weighted by atomic mass is 16.5. The van der Waals surface area contributed by atoms with Gasteiger partial charge in [0.25, 0.3) is 5.91 Å². The number of carbonyl (C=O) groups excluding carboxylic acids is 1. The van der Waals surface area contributed by atoms with Gasteiger partial charge < -0.3 is 14.6 Å². The average Bonchev–Trinajstić information content (AvgIpc) is 3.08. The Hall–Kier alpha value is -3.15. The zero-order valence-corrected chi connectivity index (χ0v) is 14.3. The molecule has 128 valence electrons. The predicted molar refractivity (Wildman–Crippen MR) is 93.3 cm³/mol.